The number of fused-ring (bicyclic) bond motifs is 1. The van der Waals surface area contributed by atoms with Gasteiger partial charge in [0.2, 0.25) is 0 Å². The van der Waals surface area contributed by atoms with Crippen LogP contribution in [-0.2, 0) is 0 Å². The summed E-state index contributed by atoms with van der Waals surface area (Å²) < 4.78 is 0. The largest absolute Gasteiger partial charge is 0.361 e. The summed E-state index contributed by atoms with van der Waals surface area (Å²) >= 11 is 0. The van der Waals surface area contributed by atoms with Crippen LogP contribution in [0.15, 0.2) is 30.5 Å². The van der Waals surface area contributed by atoms with E-state index in [1.54, 1.807) is 0 Å². The van der Waals surface area contributed by atoms with Gasteiger partial charge in [-0.05, 0) is 24.5 Å². The Kier molecular flexibility index (Phi) is 2.59. The smallest absolute Gasteiger partial charge is 0.253 e. The zero-order chi connectivity index (χ0) is 11.7. The van der Waals surface area contributed by atoms with Crippen molar-refractivity contribution >= 4 is 16.8 Å². The molecule has 0 saturated heterocycles. The number of rotatable bonds is 4. The molecule has 0 unspecified atom stereocenters. The zero-order valence-corrected chi connectivity index (χ0v) is 9.70. The van der Waals surface area contributed by atoms with E-state index in [0.717, 1.165) is 35.3 Å². The van der Waals surface area contributed by atoms with E-state index < -0.39 is 0 Å². The number of amides is 1. The molecule has 3 nitrogen and oxygen atoms in total. The molecule has 0 spiro atoms. The number of carbonyl (C=O) groups excluding carboxylic acids is 1. The highest BCUT2D eigenvalue weighted by molar-refractivity contribution is 6.05. The van der Waals surface area contributed by atoms with Crippen LogP contribution in [0.25, 0.3) is 10.9 Å². The molecule has 0 aliphatic heterocycles. The van der Waals surface area contributed by atoms with Gasteiger partial charge in [0.1, 0.15) is 0 Å². The SMILES string of the molecule is O=C(NCCC1CC1)c1cccc2cc[nH]c12. The number of nitrogens with one attached hydrogen (secondary N) is 2. The zero-order valence-electron chi connectivity index (χ0n) is 9.70. The maximum atomic E-state index is 12.0. The average Bonchev–Trinajstić information content (AvgIpc) is 3.04. The molecule has 1 aliphatic rings. The lowest BCUT2D eigenvalue weighted by atomic mass is 10.1. The topological polar surface area (TPSA) is 44.9 Å². The van der Waals surface area contributed by atoms with Crippen LogP contribution in [-0.4, -0.2) is 17.4 Å². The van der Waals surface area contributed by atoms with E-state index >= 15 is 0 Å². The Bertz CT molecular complexity index is 540. The molecule has 1 saturated carbocycles. The predicted octanol–water partition coefficient (Wildman–Crippen LogP) is 2.70. The minimum atomic E-state index is 0.0266. The Balaban J connectivity index is 1.72. The van der Waals surface area contributed by atoms with Crippen molar-refractivity contribution in [2.45, 2.75) is 19.3 Å². The standard InChI is InChI=1S/C14H16N2O/c17-14(16-8-6-10-4-5-10)12-3-1-2-11-7-9-15-13(11)12/h1-3,7,9-10,15H,4-6,8H2,(H,16,17). The van der Waals surface area contributed by atoms with Crippen molar-refractivity contribution in [3.8, 4) is 0 Å². The van der Waals surface area contributed by atoms with Gasteiger partial charge in [0.05, 0.1) is 11.1 Å². The second-order valence-electron chi connectivity index (χ2n) is 4.74. The molecule has 2 aromatic rings. The van der Waals surface area contributed by atoms with Gasteiger partial charge in [0.25, 0.3) is 5.91 Å². The number of hydrogen-bond acceptors (Lipinski definition) is 1. The molecule has 2 N–H and O–H groups in total. The van der Waals surface area contributed by atoms with Gasteiger partial charge < -0.3 is 10.3 Å². The summed E-state index contributed by atoms with van der Waals surface area (Å²) in [6.45, 7) is 0.792. The lowest BCUT2D eigenvalue weighted by molar-refractivity contribution is 0.0954. The van der Waals surface area contributed by atoms with Crippen molar-refractivity contribution < 1.29 is 4.79 Å². The molecule has 1 aliphatic carbocycles. The Morgan fingerprint density at radius 3 is 3.06 bits per heavy atom. The number of carbonyl (C=O) groups is 1. The number of aromatic nitrogens is 1. The van der Waals surface area contributed by atoms with Crippen LogP contribution in [0.1, 0.15) is 29.6 Å². The molecule has 0 radical (unpaired) electrons. The van der Waals surface area contributed by atoms with Crippen molar-refractivity contribution in [1.82, 2.24) is 10.3 Å². The highest BCUT2D eigenvalue weighted by Crippen LogP contribution is 2.31. The van der Waals surface area contributed by atoms with Crippen molar-refractivity contribution in [1.29, 1.82) is 0 Å². The van der Waals surface area contributed by atoms with E-state index in [-0.39, 0.29) is 5.91 Å². The Hall–Kier alpha value is -1.77. The van der Waals surface area contributed by atoms with Crippen LogP contribution in [0.5, 0.6) is 0 Å². The summed E-state index contributed by atoms with van der Waals surface area (Å²) in [4.78, 5) is 15.1. The molecule has 17 heavy (non-hydrogen) atoms. The van der Waals surface area contributed by atoms with Crippen LogP contribution >= 0.6 is 0 Å². The third kappa shape index (κ3) is 2.18. The highest BCUT2D eigenvalue weighted by atomic mass is 16.1. The summed E-state index contributed by atoms with van der Waals surface area (Å²) in [6, 6.07) is 7.78. The quantitative estimate of drug-likeness (QED) is 0.830. The second-order valence-corrected chi connectivity index (χ2v) is 4.74. The molecule has 1 heterocycles. The average molecular weight is 228 g/mol. The summed E-state index contributed by atoms with van der Waals surface area (Å²) in [6.07, 6.45) is 5.66. The summed E-state index contributed by atoms with van der Waals surface area (Å²) in [5.74, 6) is 0.885. The maximum Gasteiger partial charge on any atom is 0.253 e. The van der Waals surface area contributed by atoms with Gasteiger partial charge in [0.15, 0.2) is 0 Å². The van der Waals surface area contributed by atoms with E-state index in [1.807, 2.05) is 30.5 Å². The van der Waals surface area contributed by atoms with Crippen molar-refractivity contribution in [2.24, 2.45) is 5.92 Å². The lowest BCUT2D eigenvalue weighted by Gasteiger charge is -2.05. The first kappa shape index (κ1) is 10.4. The maximum absolute atomic E-state index is 12.0. The van der Waals surface area contributed by atoms with Gasteiger partial charge in [-0.2, -0.15) is 0 Å². The lowest BCUT2D eigenvalue weighted by Crippen LogP contribution is -2.24. The number of aromatic amines is 1. The molecule has 1 amide bonds. The molecule has 0 bridgehead atoms. The summed E-state index contributed by atoms with van der Waals surface area (Å²) in [7, 11) is 0. The van der Waals surface area contributed by atoms with E-state index in [9.17, 15) is 4.79 Å². The van der Waals surface area contributed by atoms with Gasteiger partial charge in [-0.3, -0.25) is 4.79 Å². The number of benzene rings is 1. The minimum Gasteiger partial charge on any atom is -0.361 e. The number of H-pyrrole nitrogens is 1. The van der Waals surface area contributed by atoms with E-state index in [4.69, 9.17) is 0 Å². The number of hydrogen-bond donors (Lipinski definition) is 2. The molecular formula is C14H16N2O. The third-order valence-electron chi connectivity index (χ3n) is 3.37. The molecular weight excluding hydrogens is 212 g/mol. The van der Waals surface area contributed by atoms with Crippen molar-refractivity contribution in [3.63, 3.8) is 0 Å². The van der Waals surface area contributed by atoms with Crippen LogP contribution in [0.3, 0.4) is 0 Å². The second kappa shape index (κ2) is 4.24. The van der Waals surface area contributed by atoms with E-state index in [1.165, 1.54) is 12.8 Å². The monoisotopic (exact) mass is 228 g/mol. The third-order valence-corrected chi connectivity index (χ3v) is 3.37. The molecule has 0 atom stereocenters. The molecule has 88 valence electrons. The van der Waals surface area contributed by atoms with E-state index in [0.29, 0.717) is 0 Å². The van der Waals surface area contributed by atoms with Crippen LogP contribution in [0.2, 0.25) is 0 Å². The summed E-state index contributed by atoms with van der Waals surface area (Å²) in [5, 5.41) is 4.08. The van der Waals surface area contributed by atoms with Gasteiger partial charge in [-0.1, -0.05) is 25.0 Å². The molecule has 1 aromatic carbocycles. The molecule has 3 rings (SSSR count). The fraction of sp³-hybridized carbons (Fsp3) is 0.357. The first-order chi connectivity index (χ1) is 8.34. The van der Waals surface area contributed by atoms with E-state index in [2.05, 4.69) is 10.3 Å². The Labute approximate surface area is 100 Å². The van der Waals surface area contributed by atoms with Crippen LogP contribution < -0.4 is 5.32 Å². The number of para-hydroxylation sites is 1. The van der Waals surface area contributed by atoms with Gasteiger partial charge in [-0.25, -0.2) is 0 Å². The van der Waals surface area contributed by atoms with Gasteiger partial charge in [-0.15, -0.1) is 0 Å². The summed E-state index contributed by atoms with van der Waals surface area (Å²) in [5.41, 5.74) is 1.67. The highest BCUT2D eigenvalue weighted by Gasteiger charge is 2.20. The minimum absolute atomic E-state index is 0.0266. The fourth-order valence-corrected chi connectivity index (χ4v) is 2.17. The van der Waals surface area contributed by atoms with Gasteiger partial charge >= 0.3 is 0 Å². The Morgan fingerprint density at radius 2 is 2.24 bits per heavy atom. The normalized spacial score (nSPS) is 15.1. The fourth-order valence-electron chi connectivity index (χ4n) is 2.17. The Morgan fingerprint density at radius 1 is 1.35 bits per heavy atom. The van der Waals surface area contributed by atoms with Crippen LogP contribution in [0, 0.1) is 5.92 Å². The van der Waals surface area contributed by atoms with Crippen molar-refractivity contribution in [2.75, 3.05) is 6.54 Å². The predicted molar refractivity (Wildman–Crippen MR) is 68.0 cm³/mol. The molecule has 1 fully saturated rings. The molecule has 3 heteroatoms. The van der Waals surface area contributed by atoms with Gasteiger partial charge in [0, 0.05) is 18.1 Å². The first-order valence-corrected chi connectivity index (χ1v) is 6.19. The first-order valence-electron chi connectivity index (χ1n) is 6.19. The van der Waals surface area contributed by atoms with Crippen molar-refractivity contribution in [3.05, 3.63) is 36.0 Å². The molecule has 1 aromatic heterocycles. The van der Waals surface area contributed by atoms with Crippen LogP contribution in [0.4, 0.5) is 0 Å².